The zero-order chi connectivity index (χ0) is 10.9. The topological polar surface area (TPSA) is 21.3 Å². The predicted octanol–water partition coefficient (Wildman–Crippen LogP) is 2.34. The summed E-state index contributed by atoms with van der Waals surface area (Å²) in [5.41, 5.74) is 0.144. The second-order valence-electron chi connectivity index (χ2n) is 4.66. The van der Waals surface area contributed by atoms with Crippen LogP contribution in [0.3, 0.4) is 0 Å². The fraction of sp³-hybridized carbons (Fsp3) is 0.500. The predicted molar refractivity (Wildman–Crippen MR) is 57.5 cm³/mol. The molecule has 1 heterocycles. The molecule has 1 aromatic carbocycles. The Morgan fingerprint density at radius 3 is 2.53 bits per heavy atom. The molecule has 1 aliphatic heterocycles. The monoisotopic (exact) mass is 209 g/mol. The average molecular weight is 209 g/mol. The Labute approximate surface area is 89.4 Å². The van der Waals surface area contributed by atoms with Crippen molar-refractivity contribution in [1.82, 2.24) is 5.32 Å². The van der Waals surface area contributed by atoms with Gasteiger partial charge in [0.05, 0.1) is 0 Å². The fourth-order valence-corrected chi connectivity index (χ4v) is 1.89. The van der Waals surface area contributed by atoms with E-state index in [9.17, 15) is 4.39 Å². The van der Waals surface area contributed by atoms with Crippen molar-refractivity contribution in [3.8, 4) is 5.75 Å². The third-order valence-corrected chi connectivity index (χ3v) is 2.66. The second kappa shape index (κ2) is 3.81. The maximum Gasteiger partial charge on any atom is 0.123 e. The van der Waals surface area contributed by atoms with Crippen LogP contribution < -0.4 is 10.1 Å². The highest BCUT2D eigenvalue weighted by atomic mass is 19.1. The SMILES string of the molecule is CC1(C)CC(Oc2ccc(F)cc2)CN1. The fourth-order valence-electron chi connectivity index (χ4n) is 1.89. The van der Waals surface area contributed by atoms with Crippen LogP contribution in [0.1, 0.15) is 20.3 Å². The average Bonchev–Trinajstić information content (AvgIpc) is 2.50. The van der Waals surface area contributed by atoms with Crippen LogP contribution in [0, 0.1) is 5.82 Å². The lowest BCUT2D eigenvalue weighted by Crippen LogP contribution is -2.31. The van der Waals surface area contributed by atoms with Crippen LogP contribution in [0.5, 0.6) is 5.75 Å². The Morgan fingerprint density at radius 1 is 1.33 bits per heavy atom. The second-order valence-corrected chi connectivity index (χ2v) is 4.66. The molecule has 2 rings (SSSR count). The number of hydrogen-bond acceptors (Lipinski definition) is 2. The minimum Gasteiger partial charge on any atom is -0.489 e. The normalized spacial score (nSPS) is 24.1. The largest absolute Gasteiger partial charge is 0.489 e. The summed E-state index contributed by atoms with van der Waals surface area (Å²) >= 11 is 0. The highest BCUT2D eigenvalue weighted by Gasteiger charge is 2.31. The van der Waals surface area contributed by atoms with Crippen LogP contribution in [-0.4, -0.2) is 18.2 Å². The number of halogens is 1. The van der Waals surface area contributed by atoms with Crippen molar-refractivity contribution in [2.24, 2.45) is 0 Å². The number of benzene rings is 1. The van der Waals surface area contributed by atoms with E-state index in [1.807, 2.05) is 0 Å². The Balaban J connectivity index is 1.96. The van der Waals surface area contributed by atoms with Gasteiger partial charge >= 0.3 is 0 Å². The number of hydrogen-bond donors (Lipinski definition) is 1. The minimum atomic E-state index is -0.229. The lowest BCUT2D eigenvalue weighted by atomic mass is 10.0. The Hall–Kier alpha value is -1.09. The maximum atomic E-state index is 12.7. The third-order valence-electron chi connectivity index (χ3n) is 2.66. The summed E-state index contributed by atoms with van der Waals surface area (Å²) in [6.45, 7) is 5.16. The van der Waals surface area contributed by atoms with Gasteiger partial charge in [0.2, 0.25) is 0 Å². The molecule has 2 nitrogen and oxygen atoms in total. The Kier molecular flexibility index (Phi) is 2.65. The molecule has 1 N–H and O–H groups in total. The first-order chi connectivity index (χ1) is 7.05. The molecular weight excluding hydrogens is 193 g/mol. The van der Waals surface area contributed by atoms with Crippen molar-refractivity contribution in [2.45, 2.75) is 31.9 Å². The van der Waals surface area contributed by atoms with Gasteiger partial charge in [0.25, 0.3) is 0 Å². The summed E-state index contributed by atoms with van der Waals surface area (Å²) in [6.07, 6.45) is 1.16. The molecule has 82 valence electrons. The van der Waals surface area contributed by atoms with E-state index >= 15 is 0 Å². The summed E-state index contributed by atoms with van der Waals surface area (Å²) in [7, 11) is 0. The summed E-state index contributed by atoms with van der Waals surface area (Å²) in [5, 5.41) is 3.38. The minimum absolute atomic E-state index is 0.144. The lowest BCUT2D eigenvalue weighted by Gasteiger charge is -2.17. The molecule has 0 aromatic heterocycles. The van der Waals surface area contributed by atoms with Gasteiger partial charge in [-0.25, -0.2) is 4.39 Å². The molecule has 0 spiro atoms. The van der Waals surface area contributed by atoms with Gasteiger partial charge in [-0.05, 0) is 38.1 Å². The molecule has 0 bridgehead atoms. The lowest BCUT2D eigenvalue weighted by molar-refractivity contribution is 0.214. The molecule has 1 atom stereocenters. The quantitative estimate of drug-likeness (QED) is 0.807. The zero-order valence-corrected chi connectivity index (χ0v) is 9.09. The standard InChI is InChI=1S/C12H16FNO/c1-12(2)7-11(8-14-12)15-10-5-3-9(13)4-6-10/h3-6,11,14H,7-8H2,1-2H3. The van der Waals surface area contributed by atoms with Crippen molar-refractivity contribution in [1.29, 1.82) is 0 Å². The summed E-state index contributed by atoms with van der Waals surface area (Å²) in [6, 6.07) is 6.17. The zero-order valence-electron chi connectivity index (χ0n) is 9.09. The summed E-state index contributed by atoms with van der Waals surface area (Å²) < 4.78 is 18.4. The van der Waals surface area contributed by atoms with Crippen LogP contribution in [0.25, 0.3) is 0 Å². The maximum absolute atomic E-state index is 12.7. The first-order valence-corrected chi connectivity index (χ1v) is 5.22. The number of nitrogens with one attached hydrogen (secondary N) is 1. The highest BCUT2D eigenvalue weighted by Crippen LogP contribution is 2.22. The van der Waals surface area contributed by atoms with Gasteiger partial charge in [-0.2, -0.15) is 0 Å². The molecular formula is C12H16FNO. The molecule has 1 aromatic rings. The van der Waals surface area contributed by atoms with E-state index in [-0.39, 0.29) is 17.5 Å². The van der Waals surface area contributed by atoms with Gasteiger partial charge in [0, 0.05) is 18.5 Å². The van der Waals surface area contributed by atoms with Gasteiger partial charge in [-0.15, -0.1) is 0 Å². The first kappa shape index (κ1) is 10.4. The smallest absolute Gasteiger partial charge is 0.123 e. The van der Waals surface area contributed by atoms with E-state index < -0.39 is 0 Å². The van der Waals surface area contributed by atoms with Gasteiger partial charge in [0.1, 0.15) is 17.7 Å². The Bertz CT molecular complexity index is 334. The molecule has 0 radical (unpaired) electrons. The molecule has 0 aliphatic carbocycles. The number of ether oxygens (including phenoxy) is 1. The van der Waals surface area contributed by atoms with E-state index in [2.05, 4.69) is 19.2 Å². The van der Waals surface area contributed by atoms with Crippen LogP contribution in [0.4, 0.5) is 4.39 Å². The van der Waals surface area contributed by atoms with Crippen LogP contribution in [0.15, 0.2) is 24.3 Å². The van der Waals surface area contributed by atoms with Crippen LogP contribution in [0.2, 0.25) is 0 Å². The van der Waals surface area contributed by atoms with Crippen molar-refractivity contribution in [2.75, 3.05) is 6.54 Å². The summed E-state index contributed by atoms with van der Waals surface area (Å²) in [4.78, 5) is 0. The van der Waals surface area contributed by atoms with Gasteiger partial charge in [0.15, 0.2) is 0 Å². The van der Waals surface area contributed by atoms with Gasteiger partial charge in [-0.3, -0.25) is 0 Å². The molecule has 1 fully saturated rings. The molecule has 15 heavy (non-hydrogen) atoms. The Morgan fingerprint density at radius 2 is 2.00 bits per heavy atom. The molecule has 3 heteroatoms. The van der Waals surface area contributed by atoms with E-state index in [0.717, 1.165) is 18.7 Å². The molecule has 1 saturated heterocycles. The van der Waals surface area contributed by atoms with Crippen LogP contribution in [-0.2, 0) is 0 Å². The van der Waals surface area contributed by atoms with Gasteiger partial charge in [-0.1, -0.05) is 0 Å². The van der Waals surface area contributed by atoms with Gasteiger partial charge < -0.3 is 10.1 Å². The van der Waals surface area contributed by atoms with Crippen LogP contribution >= 0.6 is 0 Å². The summed E-state index contributed by atoms with van der Waals surface area (Å²) in [5.74, 6) is 0.508. The third kappa shape index (κ3) is 2.69. The van der Waals surface area contributed by atoms with Crippen molar-refractivity contribution in [3.63, 3.8) is 0 Å². The molecule has 0 saturated carbocycles. The van der Waals surface area contributed by atoms with Crippen molar-refractivity contribution in [3.05, 3.63) is 30.1 Å². The first-order valence-electron chi connectivity index (χ1n) is 5.22. The van der Waals surface area contributed by atoms with E-state index in [1.165, 1.54) is 12.1 Å². The number of rotatable bonds is 2. The molecule has 0 amide bonds. The highest BCUT2D eigenvalue weighted by molar-refractivity contribution is 5.22. The van der Waals surface area contributed by atoms with Crippen molar-refractivity contribution < 1.29 is 9.13 Å². The van der Waals surface area contributed by atoms with Crippen molar-refractivity contribution >= 4 is 0 Å². The molecule has 1 aliphatic rings. The van der Waals surface area contributed by atoms with E-state index in [0.29, 0.717) is 0 Å². The van der Waals surface area contributed by atoms with E-state index in [1.54, 1.807) is 12.1 Å². The molecule has 1 unspecified atom stereocenters. The van der Waals surface area contributed by atoms with E-state index in [4.69, 9.17) is 4.74 Å².